The molecule has 2 aromatic rings. The molecule has 0 spiro atoms. The zero-order valence-corrected chi connectivity index (χ0v) is 18.0. The number of pyridine rings is 1. The molecular weight excluding hydrogens is 368 g/mol. The van der Waals surface area contributed by atoms with Crippen LogP contribution in [0.15, 0.2) is 36.7 Å². The molecule has 0 aliphatic rings. The first-order valence-electron chi connectivity index (χ1n) is 9.77. The number of alkyl carbamates (subject to hydrolysis) is 1. The topological polar surface area (TPSA) is 77.5 Å². The first kappa shape index (κ1) is 22.4. The Morgan fingerprint density at radius 1 is 1.14 bits per heavy atom. The van der Waals surface area contributed by atoms with Gasteiger partial charge in [-0.2, -0.15) is 0 Å². The van der Waals surface area contributed by atoms with E-state index in [1.54, 1.807) is 40.1 Å². The lowest BCUT2D eigenvalue weighted by Crippen LogP contribution is -2.36. The van der Waals surface area contributed by atoms with Gasteiger partial charge in [0.05, 0.1) is 19.1 Å². The van der Waals surface area contributed by atoms with Crippen LogP contribution < -0.4 is 5.32 Å². The molecule has 156 valence electrons. The Bertz CT molecular complexity index is 851. The molecule has 0 unspecified atom stereocenters. The lowest BCUT2D eigenvalue weighted by atomic mass is 9.94. The minimum atomic E-state index is -0.642. The van der Waals surface area contributed by atoms with Crippen molar-refractivity contribution in [2.24, 2.45) is 0 Å². The zero-order chi connectivity index (χ0) is 21.6. The van der Waals surface area contributed by atoms with Crippen LogP contribution in [0.1, 0.15) is 56.8 Å². The minimum absolute atomic E-state index is 0.00896. The smallest absolute Gasteiger partial charge is 0.408 e. The maximum atomic E-state index is 12.3. The number of benzene rings is 1. The Hall–Kier alpha value is -2.89. The van der Waals surface area contributed by atoms with Gasteiger partial charge in [-0.15, -0.1) is 0 Å². The summed E-state index contributed by atoms with van der Waals surface area (Å²) in [7, 11) is 0. The quantitative estimate of drug-likeness (QED) is 0.702. The largest absolute Gasteiger partial charge is 0.466 e. The third-order valence-electron chi connectivity index (χ3n) is 4.30. The molecule has 2 rings (SSSR count). The molecule has 0 aliphatic heterocycles. The number of ether oxygens (including phenoxy) is 2. The highest BCUT2D eigenvalue weighted by Gasteiger charge is 2.24. The van der Waals surface area contributed by atoms with Crippen LogP contribution in [-0.4, -0.2) is 29.3 Å². The van der Waals surface area contributed by atoms with E-state index in [1.807, 2.05) is 38.1 Å². The van der Waals surface area contributed by atoms with Crippen LogP contribution in [0.25, 0.3) is 11.1 Å². The van der Waals surface area contributed by atoms with E-state index in [-0.39, 0.29) is 13.0 Å². The molecule has 1 amide bonds. The zero-order valence-electron chi connectivity index (χ0n) is 18.0. The average molecular weight is 399 g/mol. The molecular formula is C23H30N2O4. The number of carbonyl (C=O) groups excluding carboxylic acids is 2. The van der Waals surface area contributed by atoms with Crippen molar-refractivity contribution < 1.29 is 19.1 Å². The Kier molecular flexibility index (Phi) is 7.37. The second kappa shape index (κ2) is 9.54. The van der Waals surface area contributed by atoms with Crippen molar-refractivity contribution in [2.75, 3.05) is 6.61 Å². The van der Waals surface area contributed by atoms with E-state index in [4.69, 9.17) is 9.47 Å². The number of nitrogens with zero attached hydrogens (tertiary/aromatic N) is 1. The van der Waals surface area contributed by atoms with Crippen molar-refractivity contribution in [1.82, 2.24) is 10.3 Å². The van der Waals surface area contributed by atoms with E-state index in [9.17, 15) is 9.59 Å². The third kappa shape index (κ3) is 6.59. The highest BCUT2D eigenvalue weighted by Crippen LogP contribution is 2.29. The monoisotopic (exact) mass is 398 g/mol. The number of carbonyl (C=O) groups is 2. The van der Waals surface area contributed by atoms with E-state index in [0.29, 0.717) is 5.56 Å². The number of hydrogen-bond donors (Lipinski definition) is 1. The Morgan fingerprint density at radius 3 is 2.38 bits per heavy atom. The van der Waals surface area contributed by atoms with Crippen LogP contribution in [0.5, 0.6) is 0 Å². The predicted octanol–water partition coefficient (Wildman–Crippen LogP) is 4.88. The summed E-state index contributed by atoms with van der Waals surface area (Å²) in [5.74, 6) is -0.397. The van der Waals surface area contributed by atoms with Gasteiger partial charge in [-0.05, 0) is 69.9 Å². The van der Waals surface area contributed by atoms with Crippen molar-refractivity contribution in [3.8, 4) is 11.1 Å². The number of aryl methyl sites for hydroxylation is 2. The summed E-state index contributed by atoms with van der Waals surface area (Å²) < 4.78 is 10.4. The van der Waals surface area contributed by atoms with Gasteiger partial charge in [0.2, 0.25) is 0 Å². The highest BCUT2D eigenvalue weighted by atomic mass is 16.6. The fraction of sp³-hybridized carbons (Fsp3) is 0.435. The number of rotatable bonds is 6. The summed E-state index contributed by atoms with van der Waals surface area (Å²) in [6.07, 6.45) is 2.83. The molecule has 0 radical (unpaired) electrons. The van der Waals surface area contributed by atoms with E-state index in [1.165, 1.54) is 0 Å². The van der Waals surface area contributed by atoms with Crippen LogP contribution in [0.2, 0.25) is 0 Å². The molecule has 0 fully saturated rings. The number of amides is 1. The van der Waals surface area contributed by atoms with Gasteiger partial charge in [-0.3, -0.25) is 9.78 Å². The number of nitrogens with one attached hydrogen (secondary N) is 1. The van der Waals surface area contributed by atoms with Gasteiger partial charge in [0.15, 0.2) is 0 Å². The average Bonchev–Trinajstić information content (AvgIpc) is 2.60. The van der Waals surface area contributed by atoms with Crippen molar-refractivity contribution in [3.63, 3.8) is 0 Å². The molecule has 29 heavy (non-hydrogen) atoms. The second-order valence-electron chi connectivity index (χ2n) is 7.98. The first-order valence-corrected chi connectivity index (χ1v) is 9.77. The van der Waals surface area contributed by atoms with E-state index >= 15 is 0 Å². The van der Waals surface area contributed by atoms with Crippen LogP contribution in [-0.2, 0) is 14.3 Å². The summed E-state index contributed by atoms with van der Waals surface area (Å²) in [5.41, 5.74) is 4.35. The van der Waals surface area contributed by atoms with E-state index < -0.39 is 23.7 Å². The maximum absolute atomic E-state index is 12.3. The summed E-state index contributed by atoms with van der Waals surface area (Å²) in [6, 6.07) is 7.44. The lowest BCUT2D eigenvalue weighted by Gasteiger charge is -2.24. The molecule has 0 saturated carbocycles. The molecule has 1 aromatic heterocycles. The molecule has 0 saturated heterocycles. The molecule has 1 atom stereocenters. The van der Waals surface area contributed by atoms with Crippen molar-refractivity contribution >= 4 is 12.1 Å². The standard InChI is InChI=1S/C23H30N2O4/c1-7-28-20(26)12-19(25-22(27)29-23(4,5)6)17-11-18(14-24-13-17)21-15(2)9-8-10-16(21)3/h8-11,13-14,19H,7,12H2,1-6H3,(H,25,27)/t19-/m1/s1. The minimum Gasteiger partial charge on any atom is -0.466 e. The Balaban J connectivity index is 2.37. The SMILES string of the molecule is CCOC(=O)C[C@@H](NC(=O)OC(C)(C)C)c1cncc(-c2c(C)cccc2C)c1. The highest BCUT2D eigenvalue weighted by molar-refractivity contribution is 5.74. The van der Waals surface area contributed by atoms with E-state index in [2.05, 4.69) is 10.3 Å². The van der Waals surface area contributed by atoms with Gasteiger partial charge < -0.3 is 14.8 Å². The summed E-state index contributed by atoms with van der Waals surface area (Å²) in [6.45, 7) is 11.5. The predicted molar refractivity (Wildman–Crippen MR) is 113 cm³/mol. The third-order valence-corrected chi connectivity index (χ3v) is 4.30. The molecule has 1 N–H and O–H groups in total. The summed E-state index contributed by atoms with van der Waals surface area (Å²) >= 11 is 0. The summed E-state index contributed by atoms with van der Waals surface area (Å²) in [4.78, 5) is 28.8. The van der Waals surface area contributed by atoms with Gasteiger partial charge in [0.1, 0.15) is 5.60 Å². The lowest BCUT2D eigenvalue weighted by molar-refractivity contribution is -0.143. The first-order chi connectivity index (χ1) is 13.6. The molecule has 6 heteroatoms. The second-order valence-corrected chi connectivity index (χ2v) is 7.98. The van der Waals surface area contributed by atoms with Gasteiger partial charge in [0, 0.05) is 18.0 Å². The Labute approximate surface area is 172 Å². The van der Waals surface area contributed by atoms with Gasteiger partial charge in [0.25, 0.3) is 0 Å². The Morgan fingerprint density at radius 2 is 1.79 bits per heavy atom. The molecule has 1 heterocycles. The van der Waals surface area contributed by atoms with Crippen molar-refractivity contribution in [3.05, 3.63) is 53.3 Å². The van der Waals surface area contributed by atoms with Crippen LogP contribution >= 0.6 is 0 Å². The molecule has 1 aromatic carbocycles. The molecule has 0 bridgehead atoms. The van der Waals surface area contributed by atoms with Gasteiger partial charge >= 0.3 is 12.1 Å². The van der Waals surface area contributed by atoms with E-state index in [0.717, 1.165) is 22.3 Å². The normalized spacial score (nSPS) is 12.2. The van der Waals surface area contributed by atoms with Gasteiger partial charge in [-0.1, -0.05) is 18.2 Å². The summed E-state index contributed by atoms with van der Waals surface area (Å²) in [5, 5.41) is 2.79. The van der Waals surface area contributed by atoms with Gasteiger partial charge in [-0.25, -0.2) is 4.79 Å². The fourth-order valence-corrected chi connectivity index (χ4v) is 3.14. The van der Waals surface area contributed by atoms with Crippen LogP contribution in [0.3, 0.4) is 0 Å². The number of esters is 1. The van der Waals surface area contributed by atoms with Crippen LogP contribution in [0, 0.1) is 13.8 Å². The van der Waals surface area contributed by atoms with Crippen molar-refractivity contribution in [2.45, 2.75) is 59.6 Å². The maximum Gasteiger partial charge on any atom is 0.408 e. The number of hydrogen-bond acceptors (Lipinski definition) is 5. The molecule has 0 aliphatic carbocycles. The number of aromatic nitrogens is 1. The van der Waals surface area contributed by atoms with Crippen molar-refractivity contribution in [1.29, 1.82) is 0 Å². The molecule has 6 nitrogen and oxygen atoms in total. The fourth-order valence-electron chi connectivity index (χ4n) is 3.14. The van der Waals surface area contributed by atoms with Crippen LogP contribution in [0.4, 0.5) is 4.79 Å².